The van der Waals surface area contributed by atoms with E-state index in [-0.39, 0.29) is 0 Å². The monoisotopic (exact) mass is 386 g/mol. The molecular formula is C17H34O4Si3. The minimum absolute atomic E-state index is 0.794. The molecule has 0 atom stereocenters. The van der Waals surface area contributed by atoms with E-state index < -0.39 is 26.2 Å². The van der Waals surface area contributed by atoms with E-state index in [0.29, 0.717) is 0 Å². The Morgan fingerprint density at radius 1 is 0.792 bits per heavy atom. The van der Waals surface area contributed by atoms with Crippen molar-refractivity contribution in [2.45, 2.75) is 51.1 Å². The molecule has 0 N–H and O–H groups in total. The van der Waals surface area contributed by atoms with Crippen molar-refractivity contribution in [3.05, 3.63) is 35.4 Å². The van der Waals surface area contributed by atoms with E-state index in [1.54, 1.807) is 21.3 Å². The van der Waals surface area contributed by atoms with Crippen LogP contribution in [0.3, 0.4) is 0 Å². The van der Waals surface area contributed by atoms with Crippen LogP contribution in [0.2, 0.25) is 38.3 Å². The lowest BCUT2D eigenvalue weighted by atomic mass is 10.1. The van der Waals surface area contributed by atoms with Crippen molar-refractivity contribution in [2.24, 2.45) is 0 Å². The Kier molecular flexibility index (Phi) is 9.07. The van der Waals surface area contributed by atoms with Crippen LogP contribution in [0.1, 0.15) is 11.1 Å². The minimum atomic E-state index is -2.48. The van der Waals surface area contributed by atoms with E-state index in [2.05, 4.69) is 50.5 Å². The molecule has 0 spiro atoms. The van der Waals surface area contributed by atoms with Crippen molar-refractivity contribution in [3.8, 4) is 0 Å². The van der Waals surface area contributed by atoms with Crippen LogP contribution in [0.4, 0.5) is 0 Å². The lowest BCUT2D eigenvalue weighted by Gasteiger charge is -2.25. The maximum Gasteiger partial charge on any atom is 0.500 e. The fourth-order valence-corrected chi connectivity index (χ4v) is 11.0. The summed E-state index contributed by atoms with van der Waals surface area (Å²) < 4.78 is 22.7. The molecule has 24 heavy (non-hydrogen) atoms. The Morgan fingerprint density at radius 2 is 1.21 bits per heavy atom. The van der Waals surface area contributed by atoms with Crippen molar-refractivity contribution in [1.29, 1.82) is 0 Å². The molecule has 0 unspecified atom stereocenters. The summed E-state index contributed by atoms with van der Waals surface area (Å²) in [5, 5.41) is 0. The first kappa shape index (κ1) is 21.8. The van der Waals surface area contributed by atoms with E-state index >= 15 is 0 Å². The molecule has 0 amide bonds. The molecule has 0 aromatic heterocycles. The summed E-state index contributed by atoms with van der Waals surface area (Å²) in [6.07, 6.45) is 2.01. The lowest BCUT2D eigenvalue weighted by molar-refractivity contribution is 0.123. The van der Waals surface area contributed by atoms with Gasteiger partial charge < -0.3 is 17.4 Å². The molecule has 0 radical (unpaired) electrons. The molecule has 0 bridgehead atoms. The molecule has 1 aromatic carbocycles. The third kappa shape index (κ3) is 7.30. The van der Waals surface area contributed by atoms with Gasteiger partial charge in [0.15, 0.2) is 17.4 Å². The Balaban J connectivity index is 2.54. The van der Waals surface area contributed by atoms with Gasteiger partial charge in [0.05, 0.1) is 0 Å². The van der Waals surface area contributed by atoms with Gasteiger partial charge in [-0.05, 0) is 56.2 Å². The van der Waals surface area contributed by atoms with Crippen LogP contribution in [0.15, 0.2) is 24.3 Å². The first-order valence-corrected chi connectivity index (χ1v) is 16.5. The summed E-state index contributed by atoms with van der Waals surface area (Å²) in [5.41, 5.74) is 2.69. The number of benzene rings is 1. The molecule has 1 rings (SSSR count). The quantitative estimate of drug-likeness (QED) is 0.541. The second-order valence-electron chi connectivity index (χ2n) is 7.04. The summed E-state index contributed by atoms with van der Waals surface area (Å²) >= 11 is 0. The number of hydrogen-bond donors (Lipinski definition) is 0. The summed E-state index contributed by atoms with van der Waals surface area (Å²) in [6.45, 7) is 9.18. The van der Waals surface area contributed by atoms with E-state index in [1.165, 1.54) is 17.2 Å². The Bertz CT molecular complexity index is 465. The van der Waals surface area contributed by atoms with Crippen LogP contribution in [0.25, 0.3) is 0 Å². The predicted molar refractivity (Wildman–Crippen MR) is 108 cm³/mol. The van der Waals surface area contributed by atoms with Crippen LogP contribution < -0.4 is 0 Å². The van der Waals surface area contributed by atoms with Gasteiger partial charge in [0.25, 0.3) is 0 Å². The second kappa shape index (κ2) is 10.0. The number of aryl methyl sites for hydroxylation is 2. The van der Waals surface area contributed by atoms with Crippen LogP contribution in [0.5, 0.6) is 0 Å². The summed E-state index contributed by atoms with van der Waals surface area (Å²) in [7, 11) is 0.0768. The molecule has 0 aliphatic carbocycles. The molecule has 7 heteroatoms. The average Bonchev–Trinajstić information content (AvgIpc) is 2.55. The van der Waals surface area contributed by atoms with Gasteiger partial charge in [-0.15, -0.1) is 0 Å². The molecule has 0 aliphatic heterocycles. The molecule has 1 aromatic rings. The van der Waals surface area contributed by atoms with Gasteiger partial charge in [-0.2, -0.15) is 0 Å². The van der Waals surface area contributed by atoms with Crippen LogP contribution in [0, 0.1) is 0 Å². The maximum absolute atomic E-state index is 6.24. The van der Waals surface area contributed by atoms with Crippen LogP contribution >= 0.6 is 0 Å². The predicted octanol–water partition coefficient (Wildman–Crippen LogP) is 3.85. The standard InChI is InChI=1S/C17H34O4Si3/c1-18-24(19-2,20-3)15-13-17-10-8-16(9-11-17)12-14-23(6,7)21-22(4)5/h8-11,22H,12-15H2,1-7H3. The van der Waals surface area contributed by atoms with E-state index in [9.17, 15) is 0 Å². The zero-order valence-corrected chi connectivity index (χ0v) is 19.5. The normalized spacial score (nSPS) is 12.8. The van der Waals surface area contributed by atoms with Gasteiger partial charge in [0, 0.05) is 27.4 Å². The molecule has 4 nitrogen and oxygen atoms in total. The average molecular weight is 387 g/mol. The fraction of sp³-hybridized carbons (Fsp3) is 0.647. The summed E-state index contributed by atoms with van der Waals surface area (Å²) in [4.78, 5) is 0. The van der Waals surface area contributed by atoms with Gasteiger partial charge in [-0.1, -0.05) is 24.3 Å². The number of hydrogen-bond acceptors (Lipinski definition) is 4. The fourth-order valence-electron chi connectivity index (χ4n) is 2.87. The highest BCUT2D eigenvalue weighted by Gasteiger charge is 2.37. The van der Waals surface area contributed by atoms with Crippen molar-refractivity contribution in [2.75, 3.05) is 21.3 Å². The Hall–Kier alpha value is -0.289. The topological polar surface area (TPSA) is 36.9 Å². The van der Waals surface area contributed by atoms with E-state index in [4.69, 9.17) is 17.4 Å². The van der Waals surface area contributed by atoms with Gasteiger partial charge >= 0.3 is 8.80 Å². The van der Waals surface area contributed by atoms with Crippen molar-refractivity contribution >= 4 is 26.2 Å². The molecule has 0 fully saturated rings. The van der Waals surface area contributed by atoms with Gasteiger partial charge in [-0.3, -0.25) is 0 Å². The molecule has 0 aliphatic rings. The number of rotatable bonds is 11. The Labute approximate surface area is 151 Å². The highest BCUT2D eigenvalue weighted by atomic mass is 28.4. The first-order chi connectivity index (χ1) is 11.3. The summed E-state index contributed by atoms with van der Waals surface area (Å²) in [6, 6.07) is 10.9. The molecular weight excluding hydrogens is 352 g/mol. The second-order valence-corrected chi connectivity index (χ2v) is 17.2. The lowest BCUT2D eigenvalue weighted by Crippen LogP contribution is -2.43. The SMILES string of the molecule is CO[Si](CCc1ccc(CC[Si](C)(C)O[SiH](C)C)cc1)(OC)OC. The van der Waals surface area contributed by atoms with Crippen molar-refractivity contribution in [1.82, 2.24) is 0 Å². The smallest absolute Gasteiger partial charge is 0.458 e. The zero-order valence-electron chi connectivity index (χ0n) is 16.3. The van der Waals surface area contributed by atoms with Gasteiger partial charge in [-0.25, -0.2) is 0 Å². The zero-order chi connectivity index (χ0) is 18.2. The van der Waals surface area contributed by atoms with Gasteiger partial charge in [0.2, 0.25) is 0 Å². The molecule has 138 valence electrons. The first-order valence-electron chi connectivity index (χ1n) is 8.67. The van der Waals surface area contributed by atoms with Crippen molar-refractivity contribution < 1.29 is 17.4 Å². The highest BCUT2D eigenvalue weighted by molar-refractivity contribution is 6.77. The van der Waals surface area contributed by atoms with E-state index in [0.717, 1.165) is 18.9 Å². The third-order valence-electron chi connectivity index (χ3n) is 4.25. The third-order valence-corrected chi connectivity index (χ3v) is 12.9. The maximum atomic E-state index is 6.24. The molecule has 0 saturated heterocycles. The minimum Gasteiger partial charge on any atom is -0.458 e. The largest absolute Gasteiger partial charge is 0.500 e. The Morgan fingerprint density at radius 3 is 1.58 bits per heavy atom. The molecule has 0 saturated carbocycles. The summed E-state index contributed by atoms with van der Waals surface area (Å²) in [5.74, 6) is 0. The van der Waals surface area contributed by atoms with Gasteiger partial charge in [0.1, 0.15) is 0 Å². The van der Waals surface area contributed by atoms with E-state index in [1.807, 2.05) is 0 Å². The molecule has 0 heterocycles. The highest BCUT2D eigenvalue weighted by Crippen LogP contribution is 2.19. The van der Waals surface area contributed by atoms with Crippen molar-refractivity contribution in [3.63, 3.8) is 0 Å². The van der Waals surface area contributed by atoms with Crippen LogP contribution in [-0.4, -0.2) is 47.5 Å². The van der Waals surface area contributed by atoms with Crippen LogP contribution in [-0.2, 0) is 30.2 Å².